The first-order chi connectivity index (χ1) is 14.4. The van der Waals surface area contributed by atoms with E-state index in [0.717, 1.165) is 57.7 Å². The van der Waals surface area contributed by atoms with Gasteiger partial charge >= 0.3 is 0 Å². The van der Waals surface area contributed by atoms with Gasteiger partial charge < -0.3 is 10.2 Å². The molecule has 3 rings (SSSR count). The maximum atomic E-state index is 13.2. The summed E-state index contributed by atoms with van der Waals surface area (Å²) in [6.45, 7) is 9.12. The summed E-state index contributed by atoms with van der Waals surface area (Å²) in [6.07, 6.45) is 7.36. The maximum Gasteiger partial charge on any atom is 0.251 e. The van der Waals surface area contributed by atoms with Gasteiger partial charge in [-0.2, -0.15) is 4.31 Å². The van der Waals surface area contributed by atoms with Gasteiger partial charge in [-0.15, -0.1) is 0 Å². The Balaban J connectivity index is 1.57. The minimum absolute atomic E-state index is 0.199. The van der Waals surface area contributed by atoms with Gasteiger partial charge in [0.1, 0.15) is 0 Å². The topological polar surface area (TPSA) is 69.7 Å². The molecule has 0 spiro atoms. The van der Waals surface area contributed by atoms with E-state index in [1.165, 1.54) is 12.8 Å². The Morgan fingerprint density at radius 1 is 1.07 bits per heavy atom. The van der Waals surface area contributed by atoms with Crippen LogP contribution in [0.3, 0.4) is 0 Å². The van der Waals surface area contributed by atoms with Crippen LogP contribution >= 0.6 is 0 Å². The molecule has 2 aliphatic heterocycles. The number of aryl methyl sites for hydroxylation is 1. The highest BCUT2D eigenvalue weighted by molar-refractivity contribution is 7.89. The zero-order chi connectivity index (χ0) is 21.6. The molecule has 0 bridgehead atoms. The summed E-state index contributed by atoms with van der Waals surface area (Å²) in [5.41, 5.74) is 1.11. The molecule has 1 aromatic carbocycles. The molecule has 2 heterocycles. The third kappa shape index (κ3) is 6.05. The number of nitrogens with zero attached hydrogens (tertiary/aromatic N) is 2. The minimum atomic E-state index is -3.57. The van der Waals surface area contributed by atoms with Gasteiger partial charge in [-0.3, -0.25) is 4.79 Å². The SMILES string of the molecule is Cc1ccc(C(=O)NCCCN2CCC(C)CC2)cc1S(=O)(=O)N1CCCCCC1. The standard InChI is InChI=1S/C23H37N3O3S/c1-19-10-16-25(17-11-19)13-7-12-24-23(27)21-9-8-20(2)22(18-21)30(28,29)26-14-5-3-4-6-15-26/h8-9,18-19H,3-7,10-17H2,1-2H3,(H,24,27). The van der Waals surface area contributed by atoms with Crippen LogP contribution in [0.25, 0.3) is 0 Å². The lowest BCUT2D eigenvalue weighted by Gasteiger charge is -2.30. The zero-order valence-electron chi connectivity index (χ0n) is 18.5. The van der Waals surface area contributed by atoms with Crippen LogP contribution in [0.5, 0.6) is 0 Å². The number of piperidine rings is 1. The van der Waals surface area contributed by atoms with Gasteiger partial charge in [0.25, 0.3) is 5.91 Å². The van der Waals surface area contributed by atoms with E-state index in [-0.39, 0.29) is 10.8 Å². The summed E-state index contributed by atoms with van der Waals surface area (Å²) in [5.74, 6) is 0.622. The second-order valence-corrected chi connectivity index (χ2v) is 10.8. The lowest BCUT2D eigenvalue weighted by atomic mass is 9.99. The Morgan fingerprint density at radius 3 is 2.40 bits per heavy atom. The highest BCUT2D eigenvalue weighted by atomic mass is 32.2. The van der Waals surface area contributed by atoms with E-state index < -0.39 is 10.0 Å². The molecule has 1 N–H and O–H groups in total. The predicted molar refractivity (Wildman–Crippen MR) is 120 cm³/mol. The summed E-state index contributed by atoms with van der Waals surface area (Å²) in [6, 6.07) is 5.02. The Bertz CT molecular complexity index is 809. The van der Waals surface area contributed by atoms with Gasteiger partial charge in [-0.25, -0.2) is 8.42 Å². The molecule has 7 heteroatoms. The van der Waals surface area contributed by atoms with Crippen molar-refractivity contribution in [3.63, 3.8) is 0 Å². The Morgan fingerprint density at radius 2 is 1.73 bits per heavy atom. The average molecular weight is 436 g/mol. The lowest BCUT2D eigenvalue weighted by molar-refractivity contribution is 0.0950. The van der Waals surface area contributed by atoms with E-state index in [1.807, 2.05) is 0 Å². The van der Waals surface area contributed by atoms with Crippen LogP contribution in [-0.2, 0) is 10.0 Å². The van der Waals surface area contributed by atoms with Crippen molar-refractivity contribution in [3.8, 4) is 0 Å². The average Bonchev–Trinajstić information content (AvgIpc) is 3.03. The van der Waals surface area contributed by atoms with Crippen molar-refractivity contribution in [2.45, 2.75) is 63.7 Å². The van der Waals surface area contributed by atoms with Crippen molar-refractivity contribution in [2.24, 2.45) is 5.92 Å². The van der Waals surface area contributed by atoms with Crippen LogP contribution in [0.2, 0.25) is 0 Å². The number of hydrogen-bond donors (Lipinski definition) is 1. The van der Waals surface area contributed by atoms with Gasteiger partial charge in [-0.1, -0.05) is 25.8 Å². The van der Waals surface area contributed by atoms with Crippen LogP contribution in [0.15, 0.2) is 23.1 Å². The van der Waals surface area contributed by atoms with E-state index in [4.69, 9.17) is 0 Å². The molecule has 0 atom stereocenters. The minimum Gasteiger partial charge on any atom is -0.352 e. The van der Waals surface area contributed by atoms with Gasteiger partial charge in [0.05, 0.1) is 4.90 Å². The highest BCUT2D eigenvalue weighted by Crippen LogP contribution is 2.24. The van der Waals surface area contributed by atoms with E-state index in [0.29, 0.717) is 30.8 Å². The van der Waals surface area contributed by atoms with Crippen molar-refractivity contribution < 1.29 is 13.2 Å². The first kappa shape index (κ1) is 23.2. The van der Waals surface area contributed by atoms with E-state index in [1.54, 1.807) is 29.4 Å². The predicted octanol–water partition coefficient (Wildman–Crippen LogP) is 3.41. The van der Waals surface area contributed by atoms with Crippen LogP contribution < -0.4 is 5.32 Å². The van der Waals surface area contributed by atoms with Crippen molar-refractivity contribution in [2.75, 3.05) is 39.3 Å². The number of benzene rings is 1. The Hall–Kier alpha value is -1.44. The first-order valence-corrected chi connectivity index (χ1v) is 12.9. The van der Waals surface area contributed by atoms with Crippen molar-refractivity contribution in [1.82, 2.24) is 14.5 Å². The Kier molecular flexibility index (Phi) is 8.31. The van der Waals surface area contributed by atoms with E-state index in [2.05, 4.69) is 17.1 Å². The number of likely N-dealkylation sites (tertiary alicyclic amines) is 1. The maximum absolute atomic E-state index is 13.2. The molecule has 0 aliphatic carbocycles. The molecule has 0 unspecified atom stereocenters. The summed E-state index contributed by atoms with van der Waals surface area (Å²) in [7, 11) is -3.57. The van der Waals surface area contributed by atoms with Gasteiger partial charge in [0.15, 0.2) is 0 Å². The molecule has 168 valence electrons. The quantitative estimate of drug-likeness (QED) is 0.667. The molecule has 1 amide bonds. The summed E-state index contributed by atoms with van der Waals surface area (Å²) in [5, 5.41) is 2.96. The van der Waals surface area contributed by atoms with Crippen LogP contribution in [0.1, 0.15) is 67.8 Å². The van der Waals surface area contributed by atoms with Gasteiger partial charge in [-0.05, 0) is 82.3 Å². The lowest BCUT2D eigenvalue weighted by Crippen LogP contribution is -2.35. The molecule has 0 saturated carbocycles. The van der Waals surface area contributed by atoms with Gasteiger partial charge in [0.2, 0.25) is 10.0 Å². The fourth-order valence-corrected chi connectivity index (χ4v) is 6.10. The third-order valence-electron chi connectivity index (χ3n) is 6.45. The molecular weight excluding hydrogens is 398 g/mol. The van der Waals surface area contributed by atoms with Crippen LogP contribution in [0.4, 0.5) is 0 Å². The number of carbonyl (C=O) groups excluding carboxylic acids is 1. The number of hydrogen-bond acceptors (Lipinski definition) is 4. The molecule has 2 aliphatic rings. The van der Waals surface area contributed by atoms with Crippen molar-refractivity contribution in [3.05, 3.63) is 29.3 Å². The first-order valence-electron chi connectivity index (χ1n) is 11.5. The van der Waals surface area contributed by atoms with Crippen LogP contribution in [-0.4, -0.2) is 62.8 Å². The molecule has 2 fully saturated rings. The molecule has 30 heavy (non-hydrogen) atoms. The third-order valence-corrected chi connectivity index (χ3v) is 8.49. The van der Waals surface area contributed by atoms with Gasteiger partial charge in [0, 0.05) is 25.2 Å². The molecule has 1 aromatic rings. The molecule has 0 aromatic heterocycles. The number of sulfonamides is 1. The largest absolute Gasteiger partial charge is 0.352 e. The zero-order valence-corrected chi connectivity index (χ0v) is 19.3. The molecule has 2 saturated heterocycles. The molecule has 6 nitrogen and oxygen atoms in total. The smallest absolute Gasteiger partial charge is 0.251 e. The second-order valence-electron chi connectivity index (χ2n) is 8.93. The number of nitrogens with one attached hydrogen (secondary N) is 1. The molecular formula is C23H37N3O3S. The number of carbonyl (C=O) groups is 1. The fourth-order valence-electron chi connectivity index (χ4n) is 4.33. The summed E-state index contributed by atoms with van der Waals surface area (Å²) >= 11 is 0. The monoisotopic (exact) mass is 435 g/mol. The summed E-state index contributed by atoms with van der Waals surface area (Å²) in [4.78, 5) is 15.4. The second kappa shape index (κ2) is 10.7. The van der Waals surface area contributed by atoms with E-state index >= 15 is 0 Å². The van der Waals surface area contributed by atoms with Crippen LogP contribution in [0, 0.1) is 12.8 Å². The normalized spacial score (nSPS) is 20.1. The Labute approximate surface area is 182 Å². The fraction of sp³-hybridized carbons (Fsp3) is 0.696. The van der Waals surface area contributed by atoms with Crippen molar-refractivity contribution >= 4 is 15.9 Å². The van der Waals surface area contributed by atoms with E-state index in [9.17, 15) is 13.2 Å². The molecule has 0 radical (unpaired) electrons. The number of amides is 1. The van der Waals surface area contributed by atoms with Crippen molar-refractivity contribution in [1.29, 1.82) is 0 Å². The summed E-state index contributed by atoms with van der Waals surface area (Å²) < 4.78 is 28.0. The number of rotatable bonds is 7. The highest BCUT2D eigenvalue weighted by Gasteiger charge is 2.27.